The molecule has 1 aliphatic rings. The summed E-state index contributed by atoms with van der Waals surface area (Å²) in [6.45, 7) is 9.19. The molecule has 0 atom stereocenters. The first-order valence-corrected chi connectivity index (χ1v) is 8.91. The number of aryl methyl sites for hydroxylation is 1. The zero-order valence-corrected chi connectivity index (χ0v) is 16.2. The maximum atomic E-state index is 12.3. The number of hydrogen-bond donors (Lipinski definition) is 1. The van der Waals surface area contributed by atoms with E-state index in [9.17, 15) is 4.79 Å². The van der Waals surface area contributed by atoms with Crippen molar-refractivity contribution < 1.29 is 9.53 Å². The minimum absolute atomic E-state index is 0.278. The third-order valence-corrected chi connectivity index (χ3v) is 4.12. The van der Waals surface area contributed by atoms with Crippen LogP contribution in [0.1, 0.15) is 43.3 Å². The number of halogens is 1. The van der Waals surface area contributed by atoms with E-state index in [1.165, 1.54) is 0 Å². The summed E-state index contributed by atoms with van der Waals surface area (Å²) in [5.41, 5.74) is 2.92. The lowest BCUT2D eigenvalue weighted by Crippen LogP contribution is -2.33. The summed E-state index contributed by atoms with van der Waals surface area (Å²) in [4.78, 5) is 22.3. The van der Waals surface area contributed by atoms with Gasteiger partial charge >= 0.3 is 6.09 Å². The Kier molecular flexibility index (Phi) is 5.05. The quantitative estimate of drug-likeness (QED) is 0.811. The molecule has 0 saturated carbocycles. The number of carbonyl (C=O) groups is 1. The highest BCUT2D eigenvalue weighted by Crippen LogP contribution is 2.26. The van der Waals surface area contributed by atoms with Crippen LogP contribution >= 0.6 is 11.6 Å². The Balaban J connectivity index is 1.64. The standard InChI is InChI=1S/C19H23ClN4O2/c1-12-22-16(20)8-17(23-12)21-9-13-5-6-14-10-24(11-15(14)7-13)18(25)26-19(2,3)4/h5-8H,9-11H2,1-4H3,(H,21,22,23). The first-order valence-electron chi connectivity index (χ1n) is 8.53. The monoisotopic (exact) mass is 374 g/mol. The molecule has 6 nitrogen and oxygen atoms in total. The molecule has 0 saturated heterocycles. The molecule has 1 aromatic carbocycles. The summed E-state index contributed by atoms with van der Waals surface area (Å²) < 4.78 is 5.46. The number of aromatic nitrogens is 2. The molecule has 1 amide bonds. The van der Waals surface area contributed by atoms with Gasteiger partial charge < -0.3 is 10.1 Å². The van der Waals surface area contributed by atoms with Crippen molar-refractivity contribution in [2.45, 2.75) is 52.9 Å². The molecule has 0 spiro atoms. The van der Waals surface area contributed by atoms with E-state index in [1.807, 2.05) is 20.8 Å². The Morgan fingerprint density at radius 2 is 1.96 bits per heavy atom. The smallest absolute Gasteiger partial charge is 0.410 e. The molecule has 1 aromatic heterocycles. The van der Waals surface area contributed by atoms with Crippen LogP contribution in [0.2, 0.25) is 5.15 Å². The van der Waals surface area contributed by atoms with Crippen molar-refractivity contribution in [1.82, 2.24) is 14.9 Å². The highest BCUT2D eigenvalue weighted by molar-refractivity contribution is 6.29. The van der Waals surface area contributed by atoms with E-state index in [-0.39, 0.29) is 6.09 Å². The zero-order valence-electron chi connectivity index (χ0n) is 15.5. The summed E-state index contributed by atoms with van der Waals surface area (Å²) in [5.74, 6) is 1.32. The largest absolute Gasteiger partial charge is 0.444 e. The first-order chi connectivity index (χ1) is 12.2. The van der Waals surface area contributed by atoms with Gasteiger partial charge in [-0.1, -0.05) is 29.8 Å². The average molecular weight is 375 g/mol. The molecule has 1 aliphatic heterocycles. The SMILES string of the molecule is Cc1nc(Cl)cc(NCc2ccc3c(c2)CN(C(=O)OC(C)(C)C)C3)n1. The fourth-order valence-electron chi connectivity index (χ4n) is 2.83. The van der Waals surface area contributed by atoms with Gasteiger partial charge in [-0.3, -0.25) is 4.90 Å². The number of amides is 1. The molecule has 7 heteroatoms. The second kappa shape index (κ2) is 7.11. The molecule has 26 heavy (non-hydrogen) atoms. The zero-order chi connectivity index (χ0) is 18.9. The van der Waals surface area contributed by atoms with Crippen LogP contribution in [0.3, 0.4) is 0 Å². The molecule has 1 N–H and O–H groups in total. The highest BCUT2D eigenvalue weighted by Gasteiger charge is 2.27. The van der Waals surface area contributed by atoms with Gasteiger partial charge in [-0.25, -0.2) is 14.8 Å². The number of carbonyl (C=O) groups excluding carboxylic acids is 1. The number of rotatable bonds is 3. The lowest BCUT2D eigenvalue weighted by molar-refractivity contribution is 0.0242. The highest BCUT2D eigenvalue weighted by atomic mass is 35.5. The lowest BCUT2D eigenvalue weighted by Gasteiger charge is -2.24. The number of benzene rings is 1. The van der Waals surface area contributed by atoms with Gasteiger partial charge in [0.15, 0.2) is 0 Å². The maximum Gasteiger partial charge on any atom is 0.410 e. The van der Waals surface area contributed by atoms with Gasteiger partial charge in [-0.15, -0.1) is 0 Å². The maximum absolute atomic E-state index is 12.3. The summed E-state index contributed by atoms with van der Waals surface area (Å²) in [6.07, 6.45) is -0.278. The number of ether oxygens (including phenoxy) is 1. The molecule has 2 heterocycles. The minimum atomic E-state index is -0.488. The Hall–Kier alpha value is -2.34. The van der Waals surface area contributed by atoms with Crippen molar-refractivity contribution in [1.29, 1.82) is 0 Å². The van der Waals surface area contributed by atoms with Crippen molar-refractivity contribution >= 4 is 23.5 Å². The van der Waals surface area contributed by atoms with Crippen molar-refractivity contribution in [3.8, 4) is 0 Å². The number of hydrogen-bond acceptors (Lipinski definition) is 5. The van der Waals surface area contributed by atoms with E-state index in [0.717, 1.165) is 16.7 Å². The fourth-order valence-corrected chi connectivity index (χ4v) is 3.05. The van der Waals surface area contributed by atoms with Crippen LogP contribution in [-0.2, 0) is 24.4 Å². The van der Waals surface area contributed by atoms with Crippen molar-refractivity contribution in [3.05, 3.63) is 51.9 Å². The van der Waals surface area contributed by atoms with Gasteiger partial charge in [0.25, 0.3) is 0 Å². The Morgan fingerprint density at radius 3 is 2.65 bits per heavy atom. The van der Waals surface area contributed by atoms with E-state index < -0.39 is 5.60 Å². The van der Waals surface area contributed by atoms with Crippen LogP contribution in [-0.4, -0.2) is 26.6 Å². The Morgan fingerprint density at radius 1 is 1.23 bits per heavy atom. The molecule has 3 rings (SSSR count). The topological polar surface area (TPSA) is 67.4 Å². The second-order valence-corrected chi connectivity index (χ2v) is 7.80. The molecule has 0 radical (unpaired) electrons. The summed E-state index contributed by atoms with van der Waals surface area (Å²) in [5, 5.41) is 3.68. The van der Waals surface area contributed by atoms with Crippen LogP contribution < -0.4 is 5.32 Å². The van der Waals surface area contributed by atoms with E-state index >= 15 is 0 Å². The van der Waals surface area contributed by atoms with Crippen LogP contribution in [0, 0.1) is 6.92 Å². The minimum Gasteiger partial charge on any atom is -0.444 e. The molecular weight excluding hydrogens is 352 g/mol. The van der Waals surface area contributed by atoms with Crippen molar-refractivity contribution in [3.63, 3.8) is 0 Å². The molecule has 0 aliphatic carbocycles. The number of anilines is 1. The van der Waals surface area contributed by atoms with Gasteiger partial charge in [0.05, 0.1) is 0 Å². The number of nitrogens with one attached hydrogen (secondary N) is 1. The van der Waals surface area contributed by atoms with E-state index in [4.69, 9.17) is 16.3 Å². The van der Waals surface area contributed by atoms with E-state index in [1.54, 1.807) is 17.9 Å². The van der Waals surface area contributed by atoms with Crippen LogP contribution in [0.25, 0.3) is 0 Å². The third-order valence-electron chi connectivity index (χ3n) is 3.93. The molecule has 0 bridgehead atoms. The summed E-state index contributed by atoms with van der Waals surface area (Å²) in [7, 11) is 0. The van der Waals surface area contributed by atoms with Crippen LogP contribution in [0.15, 0.2) is 24.3 Å². The van der Waals surface area contributed by atoms with E-state index in [0.29, 0.717) is 36.4 Å². The third kappa shape index (κ3) is 4.64. The van der Waals surface area contributed by atoms with Gasteiger partial charge in [0, 0.05) is 25.7 Å². The average Bonchev–Trinajstić information content (AvgIpc) is 2.94. The molecule has 138 valence electrons. The molecule has 2 aromatic rings. The second-order valence-electron chi connectivity index (χ2n) is 7.42. The lowest BCUT2D eigenvalue weighted by atomic mass is 10.1. The molecular formula is C19H23ClN4O2. The van der Waals surface area contributed by atoms with Gasteiger partial charge in [0.1, 0.15) is 22.4 Å². The number of fused-ring (bicyclic) bond motifs is 1. The Labute approximate surface area is 158 Å². The van der Waals surface area contributed by atoms with Gasteiger partial charge in [-0.05, 0) is 44.4 Å². The van der Waals surface area contributed by atoms with Crippen LogP contribution in [0.4, 0.5) is 10.6 Å². The predicted octanol–water partition coefficient (Wildman–Crippen LogP) is 4.30. The van der Waals surface area contributed by atoms with Gasteiger partial charge in [-0.2, -0.15) is 0 Å². The Bertz CT molecular complexity index is 813. The number of nitrogens with zero attached hydrogens (tertiary/aromatic N) is 3. The fraction of sp³-hybridized carbons (Fsp3) is 0.421. The first kappa shape index (κ1) is 18.5. The normalized spacial score (nSPS) is 13.5. The van der Waals surface area contributed by atoms with Crippen molar-refractivity contribution in [2.24, 2.45) is 0 Å². The van der Waals surface area contributed by atoms with E-state index in [2.05, 4.69) is 33.5 Å². The van der Waals surface area contributed by atoms with Crippen LogP contribution in [0.5, 0.6) is 0 Å². The molecule has 0 fully saturated rings. The van der Waals surface area contributed by atoms with Crippen molar-refractivity contribution in [2.75, 3.05) is 5.32 Å². The molecule has 0 unspecified atom stereocenters. The summed E-state index contributed by atoms with van der Waals surface area (Å²) in [6, 6.07) is 7.93. The summed E-state index contributed by atoms with van der Waals surface area (Å²) >= 11 is 5.96. The predicted molar refractivity (Wildman–Crippen MR) is 101 cm³/mol. The van der Waals surface area contributed by atoms with Gasteiger partial charge in [0.2, 0.25) is 0 Å².